The van der Waals surface area contributed by atoms with Crippen LogP contribution < -0.4 is 10.1 Å². The monoisotopic (exact) mass is 309 g/mol. The van der Waals surface area contributed by atoms with Gasteiger partial charge >= 0.3 is 0 Å². The summed E-state index contributed by atoms with van der Waals surface area (Å²) >= 11 is 5.64. The average molecular weight is 310 g/mol. The number of furan rings is 1. The Morgan fingerprint density at radius 3 is 2.90 bits per heavy atom. The first-order valence-electron chi connectivity index (χ1n) is 7.01. The van der Waals surface area contributed by atoms with Gasteiger partial charge < -0.3 is 14.5 Å². The van der Waals surface area contributed by atoms with Gasteiger partial charge in [0.15, 0.2) is 0 Å². The molecule has 0 spiro atoms. The molecule has 0 amide bonds. The highest BCUT2D eigenvalue weighted by atomic mass is 35.5. The lowest BCUT2D eigenvalue weighted by Gasteiger charge is -2.05. The van der Waals surface area contributed by atoms with Gasteiger partial charge in [-0.05, 0) is 38.0 Å². The van der Waals surface area contributed by atoms with Gasteiger partial charge in [-0.1, -0.05) is 11.6 Å². The fraction of sp³-hybridized carbons (Fsp3) is 0.375. The van der Waals surface area contributed by atoms with Gasteiger partial charge in [0.25, 0.3) is 0 Å². The van der Waals surface area contributed by atoms with Crippen molar-refractivity contribution in [3.8, 4) is 5.75 Å². The number of nitrogens with one attached hydrogen (secondary N) is 1. The minimum absolute atomic E-state index is 0.0929. The van der Waals surface area contributed by atoms with Crippen LogP contribution in [0.2, 0.25) is 5.02 Å². The lowest BCUT2D eigenvalue weighted by molar-refractivity contribution is 0.301. The van der Waals surface area contributed by atoms with E-state index in [0.29, 0.717) is 18.4 Å². The summed E-state index contributed by atoms with van der Waals surface area (Å²) in [6.45, 7) is 2.99. The van der Waals surface area contributed by atoms with Crippen molar-refractivity contribution in [1.29, 1.82) is 0 Å². The quantitative estimate of drug-likeness (QED) is 0.868. The highest BCUT2D eigenvalue weighted by Crippen LogP contribution is 2.23. The topological polar surface area (TPSA) is 34.4 Å². The molecule has 0 saturated heterocycles. The zero-order chi connectivity index (χ0) is 14.8. The van der Waals surface area contributed by atoms with Crippen LogP contribution in [0.5, 0.6) is 5.75 Å². The normalized spacial score (nSPS) is 14.4. The molecule has 112 valence electrons. The maximum atomic E-state index is 13.3. The Kier molecular flexibility index (Phi) is 4.17. The van der Waals surface area contributed by atoms with Crippen molar-refractivity contribution in [2.45, 2.75) is 39.0 Å². The molecule has 3 nitrogen and oxygen atoms in total. The van der Waals surface area contributed by atoms with Gasteiger partial charge in [-0.2, -0.15) is 0 Å². The summed E-state index contributed by atoms with van der Waals surface area (Å²) in [5, 5.41) is 3.49. The van der Waals surface area contributed by atoms with E-state index in [-0.39, 0.29) is 5.02 Å². The number of halogens is 2. The number of hydrogen-bond acceptors (Lipinski definition) is 3. The Bertz CT molecular complexity index is 637. The van der Waals surface area contributed by atoms with Gasteiger partial charge in [0, 0.05) is 17.7 Å². The molecule has 1 fully saturated rings. The van der Waals surface area contributed by atoms with E-state index in [2.05, 4.69) is 5.32 Å². The lowest BCUT2D eigenvalue weighted by atomic mass is 10.2. The first kappa shape index (κ1) is 14.4. The smallest absolute Gasteiger partial charge is 0.145 e. The average Bonchev–Trinajstić information content (AvgIpc) is 3.22. The van der Waals surface area contributed by atoms with E-state index in [1.54, 1.807) is 6.07 Å². The first-order chi connectivity index (χ1) is 10.1. The zero-order valence-corrected chi connectivity index (χ0v) is 12.5. The predicted molar refractivity (Wildman–Crippen MR) is 79.0 cm³/mol. The molecular formula is C16H17ClFNO2. The van der Waals surface area contributed by atoms with E-state index in [4.69, 9.17) is 20.8 Å². The summed E-state index contributed by atoms with van der Waals surface area (Å²) in [6.07, 6.45) is 2.50. The van der Waals surface area contributed by atoms with Crippen molar-refractivity contribution in [2.75, 3.05) is 0 Å². The second-order valence-electron chi connectivity index (χ2n) is 5.31. The van der Waals surface area contributed by atoms with Crippen LogP contribution >= 0.6 is 11.6 Å². The second-order valence-corrected chi connectivity index (χ2v) is 5.72. The van der Waals surface area contributed by atoms with Crippen molar-refractivity contribution in [1.82, 2.24) is 5.32 Å². The van der Waals surface area contributed by atoms with Gasteiger partial charge in [-0.25, -0.2) is 4.39 Å². The lowest BCUT2D eigenvalue weighted by Crippen LogP contribution is -2.14. The summed E-state index contributed by atoms with van der Waals surface area (Å²) in [4.78, 5) is 0. The van der Waals surface area contributed by atoms with Crippen LogP contribution in [0, 0.1) is 12.7 Å². The van der Waals surface area contributed by atoms with E-state index in [0.717, 1.165) is 23.6 Å². The standard InChI is InChI=1S/C16H17ClFNO2/c1-10-11(6-14(21-10)8-19-12-2-3-12)9-20-13-4-5-15(17)16(18)7-13/h4-7,12,19H,2-3,8-9H2,1H3. The molecule has 1 aliphatic carbocycles. The number of ether oxygens (including phenoxy) is 1. The van der Waals surface area contributed by atoms with Crippen LogP contribution in [0.3, 0.4) is 0 Å². The largest absolute Gasteiger partial charge is 0.489 e. The third-order valence-corrected chi connectivity index (χ3v) is 3.81. The molecule has 2 aromatic rings. The fourth-order valence-corrected chi connectivity index (χ4v) is 2.20. The highest BCUT2D eigenvalue weighted by Gasteiger charge is 2.20. The Balaban J connectivity index is 1.59. The molecule has 0 radical (unpaired) electrons. The molecule has 0 aliphatic heterocycles. The fourth-order valence-electron chi connectivity index (χ4n) is 2.08. The molecule has 1 N–H and O–H groups in total. The summed E-state index contributed by atoms with van der Waals surface area (Å²) in [5.41, 5.74) is 0.970. The van der Waals surface area contributed by atoms with Crippen LogP contribution in [0.1, 0.15) is 29.9 Å². The molecule has 1 aromatic carbocycles. The maximum Gasteiger partial charge on any atom is 0.145 e. The number of rotatable bonds is 6. The molecule has 1 heterocycles. The summed E-state index contributed by atoms with van der Waals surface area (Å²) in [7, 11) is 0. The van der Waals surface area contributed by atoms with E-state index in [9.17, 15) is 4.39 Å². The van der Waals surface area contributed by atoms with Crippen molar-refractivity contribution in [3.05, 3.63) is 52.2 Å². The SMILES string of the molecule is Cc1oc(CNC2CC2)cc1COc1ccc(Cl)c(F)c1. The van der Waals surface area contributed by atoms with Gasteiger partial charge in [0.1, 0.15) is 29.7 Å². The van der Waals surface area contributed by atoms with Crippen LogP contribution in [-0.2, 0) is 13.2 Å². The predicted octanol–water partition coefficient (Wildman–Crippen LogP) is 4.21. The molecule has 5 heteroatoms. The van der Waals surface area contributed by atoms with Gasteiger partial charge in [0.05, 0.1) is 11.6 Å². The molecule has 1 saturated carbocycles. The third-order valence-electron chi connectivity index (χ3n) is 3.50. The maximum absolute atomic E-state index is 13.3. The highest BCUT2D eigenvalue weighted by molar-refractivity contribution is 6.30. The minimum Gasteiger partial charge on any atom is -0.489 e. The van der Waals surface area contributed by atoms with E-state index in [1.165, 1.54) is 25.0 Å². The van der Waals surface area contributed by atoms with Crippen LogP contribution in [0.4, 0.5) is 4.39 Å². The van der Waals surface area contributed by atoms with Crippen molar-refractivity contribution < 1.29 is 13.5 Å². The molecule has 0 atom stereocenters. The number of hydrogen-bond donors (Lipinski definition) is 1. The molecule has 21 heavy (non-hydrogen) atoms. The Labute approximate surface area is 128 Å². The molecule has 1 aliphatic rings. The van der Waals surface area contributed by atoms with Crippen LogP contribution in [-0.4, -0.2) is 6.04 Å². The van der Waals surface area contributed by atoms with Gasteiger partial charge in [-0.15, -0.1) is 0 Å². The Morgan fingerprint density at radius 1 is 1.38 bits per heavy atom. The summed E-state index contributed by atoms with van der Waals surface area (Å²) < 4.78 is 24.6. The van der Waals surface area contributed by atoms with Crippen LogP contribution in [0.25, 0.3) is 0 Å². The van der Waals surface area contributed by atoms with E-state index in [1.807, 2.05) is 13.0 Å². The van der Waals surface area contributed by atoms with Crippen molar-refractivity contribution >= 4 is 11.6 Å². The summed E-state index contributed by atoms with van der Waals surface area (Å²) in [6, 6.07) is 7.05. The molecule has 0 unspecified atom stereocenters. The Morgan fingerprint density at radius 2 is 2.19 bits per heavy atom. The molecule has 0 bridgehead atoms. The van der Waals surface area contributed by atoms with E-state index >= 15 is 0 Å². The second kappa shape index (κ2) is 6.08. The van der Waals surface area contributed by atoms with Crippen LogP contribution in [0.15, 0.2) is 28.7 Å². The zero-order valence-electron chi connectivity index (χ0n) is 11.8. The third kappa shape index (κ3) is 3.77. The number of aryl methyl sites for hydroxylation is 1. The molecular weight excluding hydrogens is 293 g/mol. The van der Waals surface area contributed by atoms with Gasteiger partial charge in [-0.3, -0.25) is 0 Å². The van der Waals surface area contributed by atoms with Crippen molar-refractivity contribution in [2.24, 2.45) is 0 Å². The number of benzene rings is 1. The molecule has 1 aromatic heterocycles. The Hall–Kier alpha value is -1.52. The van der Waals surface area contributed by atoms with Crippen molar-refractivity contribution in [3.63, 3.8) is 0 Å². The summed E-state index contributed by atoms with van der Waals surface area (Å²) in [5.74, 6) is 1.71. The van der Waals surface area contributed by atoms with Gasteiger partial charge in [0.2, 0.25) is 0 Å². The van der Waals surface area contributed by atoms with E-state index < -0.39 is 5.82 Å². The first-order valence-corrected chi connectivity index (χ1v) is 7.39. The molecule has 3 rings (SSSR count). The minimum atomic E-state index is -0.479.